The quantitative estimate of drug-likeness (QED) is 0.253. The van der Waals surface area contributed by atoms with Crippen LogP contribution in [0.25, 0.3) is 21.5 Å². The van der Waals surface area contributed by atoms with Crippen molar-refractivity contribution in [2.45, 2.75) is 84.6 Å². The zero-order chi connectivity index (χ0) is 26.8. The lowest BCUT2D eigenvalue weighted by molar-refractivity contribution is -0.139. The first-order valence-electron chi connectivity index (χ1n) is 14.1. The van der Waals surface area contributed by atoms with Gasteiger partial charge < -0.3 is 15.3 Å². The molecule has 4 N–H and O–H groups in total. The molecule has 1 spiro atoms. The molecule has 0 aromatic carbocycles. The predicted molar refractivity (Wildman–Crippen MR) is 155 cm³/mol. The molecule has 0 unspecified atom stereocenters. The minimum atomic E-state index is -0.0746. The fourth-order valence-electron chi connectivity index (χ4n) is 7.33. The first-order chi connectivity index (χ1) is 18.2. The van der Waals surface area contributed by atoms with Crippen molar-refractivity contribution in [1.29, 1.82) is 5.41 Å². The number of nitrogens with one attached hydrogen (secondary N) is 4. The summed E-state index contributed by atoms with van der Waals surface area (Å²) in [7, 11) is 0. The van der Waals surface area contributed by atoms with Crippen LogP contribution in [0.1, 0.15) is 84.9 Å². The van der Waals surface area contributed by atoms with E-state index in [1.807, 2.05) is 17.5 Å². The standard InChI is InChI=1S/C30H40N6OS/c1-16(2)23-24-19(5)26(20-6-8-21(9-7-20)36-13-30(14-36)10-11-32-29(30)37)38-28(24)35-25(23)22-12-33-27(34-15-31)18(4)17(22)3/h12,15-16,20-21,35H,6-11,13-14H2,1-5H3,(H,32,37)(H2,31,33,34)/t20-,21+. The second-order valence-electron chi connectivity index (χ2n) is 12.1. The molecule has 2 aliphatic heterocycles. The van der Waals surface area contributed by atoms with Gasteiger partial charge in [0.2, 0.25) is 5.91 Å². The number of fused-ring (bicyclic) bond motifs is 1. The summed E-state index contributed by atoms with van der Waals surface area (Å²) in [6.45, 7) is 13.9. The van der Waals surface area contributed by atoms with E-state index in [9.17, 15) is 4.79 Å². The maximum absolute atomic E-state index is 12.3. The predicted octanol–water partition coefficient (Wildman–Crippen LogP) is 5.63. The van der Waals surface area contributed by atoms with E-state index in [-0.39, 0.29) is 11.3 Å². The van der Waals surface area contributed by atoms with Crippen LogP contribution in [0.4, 0.5) is 0 Å². The van der Waals surface area contributed by atoms with E-state index in [1.165, 1.54) is 63.8 Å². The third-order valence-corrected chi connectivity index (χ3v) is 11.0. The molecule has 8 heteroatoms. The van der Waals surface area contributed by atoms with Crippen molar-refractivity contribution in [1.82, 2.24) is 20.2 Å². The third-order valence-electron chi connectivity index (χ3n) is 9.64. The van der Waals surface area contributed by atoms with Crippen molar-refractivity contribution in [3.63, 3.8) is 0 Å². The van der Waals surface area contributed by atoms with Crippen LogP contribution in [0.2, 0.25) is 0 Å². The molecule has 3 aromatic rings. The van der Waals surface area contributed by atoms with Crippen LogP contribution in [0.5, 0.6) is 0 Å². The summed E-state index contributed by atoms with van der Waals surface area (Å²) >= 11 is 1.96. The third kappa shape index (κ3) is 3.90. The lowest BCUT2D eigenvalue weighted by atomic mass is 9.74. The van der Waals surface area contributed by atoms with Crippen molar-refractivity contribution in [3.05, 3.63) is 38.8 Å². The van der Waals surface area contributed by atoms with Gasteiger partial charge in [0.15, 0.2) is 0 Å². The fraction of sp³-hybridized carbons (Fsp3) is 0.567. The Morgan fingerprint density at radius 2 is 1.87 bits per heavy atom. The fourth-order valence-corrected chi connectivity index (χ4v) is 8.73. The summed E-state index contributed by atoms with van der Waals surface area (Å²) in [5.74, 6) is 1.31. The lowest BCUT2D eigenvalue weighted by Gasteiger charge is -2.51. The SMILES string of the molecule is Cc1c(-c2[nH]c3sc([C@H]4CC[C@@H](N5CC6(CCNC6=O)C5)CC4)c(C)c3c2C(C)C)c[nH]/c(=N\C=N)c1C. The normalized spacial score (nSPS) is 23.9. The van der Waals surface area contributed by atoms with Gasteiger partial charge in [0, 0.05) is 47.7 Å². The van der Waals surface area contributed by atoms with E-state index in [0.717, 1.165) is 43.4 Å². The van der Waals surface area contributed by atoms with Gasteiger partial charge in [-0.2, -0.15) is 0 Å². The number of amides is 1. The minimum absolute atomic E-state index is 0.0746. The Morgan fingerprint density at radius 1 is 1.13 bits per heavy atom. The number of pyridine rings is 1. The van der Waals surface area contributed by atoms with E-state index < -0.39 is 0 Å². The van der Waals surface area contributed by atoms with Crippen LogP contribution in [-0.4, -0.2) is 52.8 Å². The Morgan fingerprint density at radius 3 is 2.50 bits per heavy atom. The minimum Gasteiger partial charge on any atom is -0.355 e. The van der Waals surface area contributed by atoms with Gasteiger partial charge in [0.1, 0.15) is 16.7 Å². The topological polar surface area (TPSA) is 100 Å². The summed E-state index contributed by atoms with van der Waals surface area (Å²) < 4.78 is 0. The van der Waals surface area contributed by atoms with Crippen LogP contribution < -0.4 is 10.8 Å². The van der Waals surface area contributed by atoms with Gasteiger partial charge in [-0.3, -0.25) is 15.1 Å². The second-order valence-corrected chi connectivity index (χ2v) is 13.2. The molecule has 7 nitrogen and oxygen atoms in total. The molecular formula is C30H40N6OS. The molecule has 3 aliphatic rings. The van der Waals surface area contributed by atoms with Crippen molar-refractivity contribution in [2.75, 3.05) is 19.6 Å². The van der Waals surface area contributed by atoms with Crippen molar-refractivity contribution < 1.29 is 4.79 Å². The molecule has 3 aromatic heterocycles. The first kappa shape index (κ1) is 25.6. The second kappa shape index (κ2) is 9.49. The number of rotatable bonds is 5. The Kier molecular flexibility index (Phi) is 6.38. The highest BCUT2D eigenvalue weighted by molar-refractivity contribution is 7.19. The number of nitrogens with zero attached hydrogens (tertiary/aromatic N) is 2. The molecule has 2 saturated heterocycles. The monoisotopic (exact) mass is 532 g/mol. The zero-order valence-corrected chi connectivity index (χ0v) is 24.1. The zero-order valence-electron chi connectivity index (χ0n) is 23.3. The first-order valence-corrected chi connectivity index (χ1v) is 14.9. The number of thiophene rings is 1. The van der Waals surface area contributed by atoms with Crippen LogP contribution in [0.3, 0.4) is 0 Å². The van der Waals surface area contributed by atoms with Crippen LogP contribution in [-0.2, 0) is 4.79 Å². The van der Waals surface area contributed by atoms with Crippen LogP contribution in [0.15, 0.2) is 11.2 Å². The maximum Gasteiger partial charge on any atom is 0.228 e. The van der Waals surface area contributed by atoms with Gasteiger partial charge >= 0.3 is 0 Å². The van der Waals surface area contributed by atoms with E-state index >= 15 is 0 Å². The number of carbonyl (C=O) groups is 1. The van der Waals surface area contributed by atoms with Crippen molar-refractivity contribution >= 4 is 33.8 Å². The summed E-state index contributed by atoms with van der Waals surface area (Å²) in [4.78, 5) is 29.0. The van der Waals surface area contributed by atoms with E-state index in [0.29, 0.717) is 17.9 Å². The number of H-pyrrole nitrogens is 2. The number of carbonyl (C=O) groups excluding carboxylic acids is 1. The van der Waals surface area contributed by atoms with Crippen LogP contribution >= 0.6 is 11.3 Å². The Hall–Kier alpha value is -2.71. The number of aromatic amines is 2. The highest BCUT2D eigenvalue weighted by atomic mass is 32.1. The van der Waals surface area contributed by atoms with Gasteiger partial charge in [-0.05, 0) is 87.0 Å². The number of hydrogen-bond donors (Lipinski definition) is 4. The average molecular weight is 533 g/mol. The largest absolute Gasteiger partial charge is 0.355 e. The Balaban J connectivity index is 1.25. The number of hydrogen-bond acceptors (Lipinski definition) is 4. The molecule has 5 heterocycles. The van der Waals surface area contributed by atoms with Crippen molar-refractivity contribution in [3.8, 4) is 11.3 Å². The smallest absolute Gasteiger partial charge is 0.228 e. The highest BCUT2D eigenvalue weighted by Gasteiger charge is 2.53. The van der Waals surface area contributed by atoms with Gasteiger partial charge in [0.05, 0.1) is 11.1 Å². The molecule has 1 saturated carbocycles. The Bertz CT molecular complexity index is 1480. The van der Waals surface area contributed by atoms with Gasteiger partial charge in [-0.25, -0.2) is 4.99 Å². The molecule has 1 amide bonds. The molecule has 3 fully saturated rings. The van der Waals surface area contributed by atoms with Gasteiger partial charge in [-0.1, -0.05) is 13.8 Å². The molecule has 38 heavy (non-hydrogen) atoms. The average Bonchev–Trinajstić information content (AvgIpc) is 3.54. The van der Waals surface area contributed by atoms with E-state index in [2.05, 4.69) is 59.8 Å². The summed E-state index contributed by atoms with van der Waals surface area (Å²) in [5.41, 5.74) is 8.20. The van der Waals surface area contributed by atoms with Gasteiger partial charge in [0.25, 0.3) is 0 Å². The number of aromatic nitrogens is 2. The highest BCUT2D eigenvalue weighted by Crippen LogP contribution is 2.48. The molecule has 0 radical (unpaired) electrons. The molecule has 6 rings (SSSR count). The number of likely N-dealkylation sites (tertiary alicyclic amines) is 1. The number of aryl methyl sites for hydroxylation is 1. The molecule has 0 atom stereocenters. The van der Waals surface area contributed by atoms with Gasteiger partial charge in [-0.15, -0.1) is 11.3 Å². The Labute approximate surface area is 228 Å². The summed E-state index contributed by atoms with van der Waals surface area (Å²) in [6.07, 6.45) is 9.08. The van der Waals surface area contributed by atoms with E-state index in [1.54, 1.807) is 4.88 Å². The molecular weight excluding hydrogens is 492 g/mol. The van der Waals surface area contributed by atoms with Crippen molar-refractivity contribution in [2.24, 2.45) is 10.4 Å². The summed E-state index contributed by atoms with van der Waals surface area (Å²) in [5, 5.41) is 11.8. The molecule has 0 bridgehead atoms. The summed E-state index contributed by atoms with van der Waals surface area (Å²) in [6, 6.07) is 0.637. The maximum atomic E-state index is 12.3. The lowest BCUT2D eigenvalue weighted by Crippen LogP contribution is -2.62. The molecule has 1 aliphatic carbocycles. The van der Waals surface area contributed by atoms with Crippen LogP contribution in [0, 0.1) is 31.6 Å². The van der Waals surface area contributed by atoms with E-state index in [4.69, 9.17) is 5.41 Å². The molecule has 202 valence electrons.